The molecule has 5 nitrogen and oxygen atoms in total. The summed E-state index contributed by atoms with van der Waals surface area (Å²) in [5.74, 6) is -1.59. The van der Waals surface area contributed by atoms with E-state index in [1.54, 1.807) is 0 Å². The lowest BCUT2D eigenvalue weighted by Crippen LogP contribution is -2.43. The molecule has 0 saturated heterocycles. The van der Waals surface area contributed by atoms with Gasteiger partial charge in [0.25, 0.3) is 5.91 Å². The summed E-state index contributed by atoms with van der Waals surface area (Å²) in [4.78, 5) is 34.2. The second-order valence-electron chi connectivity index (χ2n) is 4.46. The Kier molecular flexibility index (Phi) is 4.28. The van der Waals surface area contributed by atoms with E-state index in [2.05, 4.69) is 5.32 Å². The Morgan fingerprint density at radius 1 is 1.16 bits per heavy atom. The number of hydrogen-bond donors (Lipinski definition) is 2. The lowest BCUT2D eigenvalue weighted by molar-refractivity contribution is -0.135. The fourth-order valence-corrected chi connectivity index (χ4v) is 1.53. The Balaban J connectivity index is 1.72. The van der Waals surface area contributed by atoms with Crippen LogP contribution in [0.3, 0.4) is 0 Å². The molecule has 1 saturated carbocycles. The van der Waals surface area contributed by atoms with Gasteiger partial charge < -0.3 is 5.32 Å². The number of nitrogens with one attached hydrogen (secondary N) is 2. The van der Waals surface area contributed by atoms with E-state index >= 15 is 0 Å². The van der Waals surface area contributed by atoms with E-state index in [0.29, 0.717) is 6.42 Å². The fraction of sp³-hybridized carbons (Fsp3) is 0.286. The summed E-state index contributed by atoms with van der Waals surface area (Å²) in [6, 6.07) is 8.86. The first-order valence-corrected chi connectivity index (χ1v) is 6.18. The standard InChI is InChI=1S/C14H15N2O3/c17-12(9-6-10-4-2-1-3-5-10)13(18)16-14(19)15-11-7-8-11/h1-5,9,11H,6-8H2,(H2,15,16,18,19). The maximum atomic E-state index is 11.5. The molecule has 1 aliphatic rings. The third-order valence-electron chi connectivity index (χ3n) is 2.73. The molecular weight excluding hydrogens is 244 g/mol. The lowest BCUT2D eigenvalue weighted by Gasteiger charge is -2.04. The molecule has 19 heavy (non-hydrogen) atoms. The van der Waals surface area contributed by atoms with Gasteiger partial charge in [0, 0.05) is 12.5 Å². The molecule has 1 aliphatic carbocycles. The molecule has 2 rings (SSSR count). The summed E-state index contributed by atoms with van der Waals surface area (Å²) in [5, 5.41) is 4.59. The van der Waals surface area contributed by atoms with Gasteiger partial charge in [-0.3, -0.25) is 14.9 Å². The van der Waals surface area contributed by atoms with Crippen LogP contribution in [0.4, 0.5) is 4.79 Å². The molecule has 0 unspecified atom stereocenters. The summed E-state index contributed by atoms with van der Waals surface area (Å²) >= 11 is 0. The zero-order chi connectivity index (χ0) is 13.7. The molecular formula is C14H15N2O3. The van der Waals surface area contributed by atoms with Crippen molar-refractivity contribution >= 4 is 17.7 Å². The number of carbonyl (C=O) groups excluding carboxylic acids is 3. The van der Waals surface area contributed by atoms with Crippen LogP contribution < -0.4 is 10.6 Å². The Bertz CT molecular complexity index is 481. The van der Waals surface area contributed by atoms with Crippen LogP contribution in [0.15, 0.2) is 30.3 Å². The van der Waals surface area contributed by atoms with Gasteiger partial charge in [0.1, 0.15) is 0 Å². The SMILES string of the molecule is O=C(NC(=O)C(=O)[CH]Cc1ccccc1)NC1CC1. The first-order chi connectivity index (χ1) is 9.15. The van der Waals surface area contributed by atoms with Crippen molar-refractivity contribution in [1.29, 1.82) is 0 Å². The van der Waals surface area contributed by atoms with Crippen molar-refractivity contribution in [1.82, 2.24) is 10.6 Å². The molecule has 0 atom stereocenters. The molecule has 2 N–H and O–H groups in total. The van der Waals surface area contributed by atoms with E-state index in [0.717, 1.165) is 18.4 Å². The van der Waals surface area contributed by atoms with Crippen LogP contribution in [0, 0.1) is 6.42 Å². The number of carbonyl (C=O) groups is 3. The van der Waals surface area contributed by atoms with Crippen LogP contribution in [-0.2, 0) is 16.0 Å². The van der Waals surface area contributed by atoms with Gasteiger partial charge >= 0.3 is 6.03 Å². The Labute approximate surface area is 111 Å². The molecule has 0 aromatic heterocycles. The maximum absolute atomic E-state index is 11.5. The molecule has 0 spiro atoms. The van der Waals surface area contributed by atoms with Gasteiger partial charge in [0.15, 0.2) is 0 Å². The number of amides is 3. The first-order valence-electron chi connectivity index (χ1n) is 6.18. The minimum absolute atomic E-state index is 0.149. The minimum Gasteiger partial charge on any atom is -0.335 e. The van der Waals surface area contributed by atoms with Crippen molar-refractivity contribution in [3.05, 3.63) is 42.3 Å². The Morgan fingerprint density at radius 3 is 2.47 bits per heavy atom. The molecule has 99 valence electrons. The van der Waals surface area contributed by atoms with Gasteiger partial charge in [-0.1, -0.05) is 30.3 Å². The topological polar surface area (TPSA) is 75.3 Å². The third-order valence-corrected chi connectivity index (χ3v) is 2.73. The average molecular weight is 259 g/mol. The van der Waals surface area contributed by atoms with Crippen LogP contribution in [0.1, 0.15) is 18.4 Å². The average Bonchev–Trinajstić information content (AvgIpc) is 3.20. The van der Waals surface area contributed by atoms with Crippen molar-refractivity contribution in [3.63, 3.8) is 0 Å². The monoisotopic (exact) mass is 259 g/mol. The Morgan fingerprint density at radius 2 is 1.84 bits per heavy atom. The van der Waals surface area contributed by atoms with E-state index in [1.165, 1.54) is 6.42 Å². The van der Waals surface area contributed by atoms with E-state index in [4.69, 9.17) is 0 Å². The highest BCUT2D eigenvalue weighted by Gasteiger charge is 2.25. The van der Waals surface area contributed by atoms with E-state index in [-0.39, 0.29) is 6.04 Å². The molecule has 5 heteroatoms. The molecule has 0 bridgehead atoms. The molecule has 0 aliphatic heterocycles. The van der Waals surface area contributed by atoms with Crippen molar-refractivity contribution in [2.75, 3.05) is 0 Å². The van der Waals surface area contributed by atoms with Gasteiger partial charge in [-0.25, -0.2) is 4.79 Å². The summed E-state index contributed by atoms with van der Waals surface area (Å²) in [7, 11) is 0. The second kappa shape index (κ2) is 6.13. The van der Waals surface area contributed by atoms with Crippen LogP contribution in [0.2, 0.25) is 0 Å². The third kappa shape index (κ3) is 4.54. The van der Waals surface area contributed by atoms with Crippen molar-refractivity contribution in [2.45, 2.75) is 25.3 Å². The number of ketones is 1. The maximum Gasteiger partial charge on any atom is 0.322 e. The highest BCUT2D eigenvalue weighted by atomic mass is 16.2. The highest BCUT2D eigenvalue weighted by molar-refractivity contribution is 6.41. The number of rotatable bonds is 5. The smallest absolute Gasteiger partial charge is 0.322 e. The van der Waals surface area contributed by atoms with Crippen molar-refractivity contribution in [3.8, 4) is 0 Å². The van der Waals surface area contributed by atoms with E-state index in [9.17, 15) is 14.4 Å². The predicted molar refractivity (Wildman–Crippen MR) is 69.1 cm³/mol. The zero-order valence-corrected chi connectivity index (χ0v) is 10.4. The number of imide groups is 1. The highest BCUT2D eigenvalue weighted by Crippen LogP contribution is 2.18. The van der Waals surface area contributed by atoms with Crippen molar-refractivity contribution < 1.29 is 14.4 Å². The molecule has 3 amide bonds. The lowest BCUT2D eigenvalue weighted by atomic mass is 10.1. The van der Waals surface area contributed by atoms with Crippen LogP contribution >= 0.6 is 0 Å². The second-order valence-corrected chi connectivity index (χ2v) is 4.46. The summed E-state index contributed by atoms with van der Waals surface area (Å²) in [5.41, 5.74) is 0.936. The molecule has 1 radical (unpaired) electrons. The van der Waals surface area contributed by atoms with E-state index in [1.807, 2.05) is 35.6 Å². The normalized spacial score (nSPS) is 13.7. The fourth-order valence-electron chi connectivity index (χ4n) is 1.53. The van der Waals surface area contributed by atoms with Gasteiger partial charge in [0.05, 0.1) is 0 Å². The van der Waals surface area contributed by atoms with Gasteiger partial charge in [0.2, 0.25) is 5.78 Å². The Hall–Kier alpha value is -2.17. The molecule has 1 aromatic rings. The minimum atomic E-state index is -0.894. The zero-order valence-electron chi connectivity index (χ0n) is 10.4. The number of benzene rings is 1. The number of Topliss-reactive ketones (excluding diaryl/α,β-unsaturated/α-hetero) is 1. The molecule has 0 heterocycles. The first kappa shape index (κ1) is 13.3. The largest absolute Gasteiger partial charge is 0.335 e. The number of hydrogen-bond acceptors (Lipinski definition) is 3. The van der Waals surface area contributed by atoms with E-state index < -0.39 is 17.7 Å². The van der Waals surface area contributed by atoms with Gasteiger partial charge in [-0.05, 0) is 24.8 Å². The van der Waals surface area contributed by atoms with Gasteiger partial charge in [-0.2, -0.15) is 0 Å². The predicted octanol–water partition coefficient (Wildman–Crippen LogP) is 0.991. The van der Waals surface area contributed by atoms with Gasteiger partial charge in [-0.15, -0.1) is 0 Å². The molecule has 1 aromatic carbocycles. The summed E-state index contributed by atoms with van der Waals surface area (Å²) < 4.78 is 0. The summed E-state index contributed by atoms with van der Waals surface area (Å²) in [6.07, 6.45) is 3.50. The number of urea groups is 1. The van der Waals surface area contributed by atoms with Crippen LogP contribution in [-0.4, -0.2) is 23.8 Å². The van der Waals surface area contributed by atoms with Crippen LogP contribution in [0.25, 0.3) is 0 Å². The summed E-state index contributed by atoms with van der Waals surface area (Å²) in [6.45, 7) is 0. The molecule has 1 fully saturated rings. The quantitative estimate of drug-likeness (QED) is 0.774. The van der Waals surface area contributed by atoms with Crippen molar-refractivity contribution in [2.24, 2.45) is 0 Å². The van der Waals surface area contributed by atoms with Crippen LogP contribution in [0.5, 0.6) is 0 Å².